The molecule has 1 aromatic carbocycles. The molecule has 1 nitrogen and oxygen atoms in total. The molecule has 0 atom stereocenters. The first kappa shape index (κ1) is 10.8. The topological polar surface area (TPSA) is 17.1 Å². The van der Waals surface area contributed by atoms with Crippen LogP contribution in [0.4, 0.5) is 17.3 Å². The molecule has 0 aliphatic heterocycles. The third-order valence-corrected chi connectivity index (χ3v) is 1.86. The number of rotatable bonds is 2. The lowest BCUT2D eigenvalue weighted by Crippen LogP contribution is -2.36. The largest absolute Gasteiger partial charge is 0.509 e. The van der Waals surface area contributed by atoms with E-state index in [4.69, 9.17) is 0 Å². The molecule has 0 saturated carbocycles. The van der Waals surface area contributed by atoms with Gasteiger partial charge in [0.2, 0.25) is 0 Å². The van der Waals surface area contributed by atoms with Gasteiger partial charge in [0.25, 0.3) is 0 Å². The number of carbonyl (C=O) groups excluding carboxylic acids is 1. The van der Waals surface area contributed by atoms with Crippen LogP contribution in [0, 0.1) is 12.7 Å². The molecule has 0 N–H and O–H groups in total. The maximum Gasteiger partial charge on any atom is 0.509 e. The van der Waals surface area contributed by atoms with Gasteiger partial charge >= 0.3 is 6.98 Å². The summed E-state index contributed by atoms with van der Waals surface area (Å²) in [4.78, 5) is 10.2. The predicted octanol–water partition coefficient (Wildman–Crippen LogP) is 2.00. The van der Waals surface area contributed by atoms with Gasteiger partial charge in [-0.1, -0.05) is 11.6 Å². The Morgan fingerprint density at radius 3 is 2.29 bits per heavy atom. The van der Waals surface area contributed by atoms with Gasteiger partial charge in [-0.25, -0.2) is 4.39 Å². The highest BCUT2D eigenvalue weighted by atomic mass is 19.4. The molecule has 0 saturated heterocycles. The molecule has 0 unspecified atom stereocenters. The lowest BCUT2D eigenvalue weighted by atomic mass is 9.76. The van der Waals surface area contributed by atoms with Crippen molar-refractivity contribution in [2.75, 3.05) is 0 Å². The summed E-state index contributed by atoms with van der Waals surface area (Å²) in [6.45, 7) is -4.04. The second-order valence-electron chi connectivity index (χ2n) is 2.92. The molecule has 0 bridgehead atoms. The van der Waals surface area contributed by atoms with Crippen molar-refractivity contribution in [1.29, 1.82) is 0 Å². The Kier molecular flexibility index (Phi) is 2.64. The summed E-state index contributed by atoms with van der Waals surface area (Å²) in [5.74, 6) is -0.929. The monoisotopic (exact) mass is 205 g/mol. The van der Waals surface area contributed by atoms with Crippen molar-refractivity contribution >= 4 is 18.7 Å². The van der Waals surface area contributed by atoms with E-state index in [0.717, 1.165) is 6.92 Å². The first-order valence-electron chi connectivity index (χ1n) is 3.81. The zero-order valence-electron chi connectivity index (χ0n) is 7.23. The number of halogens is 4. The Hall–Kier alpha value is -1.33. The number of benzene rings is 1. The maximum atomic E-state index is 12.8. The summed E-state index contributed by atoms with van der Waals surface area (Å²) in [6, 6.07) is 1.26. The molecule has 0 aliphatic rings. The zero-order valence-corrected chi connectivity index (χ0v) is 7.23. The molecule has 6 heteroatoms. The molecule has 0 aliphatic carbocycles. The fourth-order valence-electron chi connectivity index (χ4n) is 1.15. The van der Waals surface area contributed by atoms with E-state index in [1.807, 2.05) is 0 Å². The van der Waals surface area contributed by atoms with Crippen LogP contribution in [0.15, 0.2) is 12.1 Å². The SMILES string of the molecule is Cc1cc(F)c(C=O)cc1[B-](F)(F)F. The molecule has 0 spiro atoms. The van der Waals surface area contributed by atoms with Crippen LogP contribution >= 0.6 is 0 Å². The number of aldehydes is 1. The minimum absolute atomic E-state index is 0.0695. The van der Waals surface area contributed by atoms with E-state index in [1.165, 1.54) is 0 Å². The molecule has 0 heterocycles. The molecule has 1 aromatic rings. The third-order valence-electron chi connectivity index (χ3n) is 1.86. The average Bonchev–Trinajstić information content (AvgIpc) is 2.02. The van der Waals surface area contributed by atoms with Gasteiger partial charge < -0.3 is 12.9 Å². The lowest BCUT2D eigenvalue weighted by molar-refractivity contribution is 0.112. The van der Waals surface area contributed by atoms with Crippen molar-refractivity contribution in [1.82, 2.24) is 0 Å². The quantitative estimate of drug-likeness (QED) is 0.410. The standard InChI is InChI=1S/C8H6BF4O/c1-5-2-8(10)6(4-14)3-7(5)9(11,12)13/h2-4H,1H3/q-1. The summed E-state index contributed by atoms with van der Waals surface area (Å²) in [6.07, 6.45) is 0.0695. The van der Waals surface area contributed by atoms with Gasteiger partial charge in [-0.05, 0) is 13.0 Å². The first-order valence-corrected chi connectivity index (χ1v) is 3.81. The van der Waals surface area contributed by atoms with E-state index < -0.39 is 23.8 Å². The third kappa shape index (κ3) is 1.94. The Morgan fingerprint density at radius 2 is 1.86 bits per heavy atom. The number of carbonyl (C=O) groups is 1. The number of aryl methyl sites for hydroxylation is 1. The maximum absolute atomic E-state index is 12.8. The first-order chi connectivity index (χ1) is 6.36. The van der Waals surface area contributed by atoms with Crippen LogP contribution in [0.5, 0.6) is 0 Å². The Balaban J connectivity index is 3.39. The molecule has 0 amide bonds. The minimum Gasteiger partial charge on any atom is -0.445 e. The highest BCUT2D eigenvalue weighted by Gasteiger charge is 2.28. The summed E-state index contributed by atoms with van der Waals surface area (Å²) in [5.41, 5.74) is -1.70. The normalized spacial score (nSPS) is 11.5. The van der Waals surface area contributed by atoms with E-state index in [9.17, 15) is 22.1 Å². The van der Waals surface area contributed by atoms with E-state index in [-0.39, 0.29) is 11.8 Å². The molecule has 14 heavy (non-hydrogen) atoms. The Bertz CT molecular complexity index is 372. The van der Waals surface area contributed by atoms with Crippen molar-refractivity contribution in [3.63, 3.8) is 0 Å². The van der Waals surface area contributed by atoms with Crippen molar-refractivity contribution in [3.8, 4) is 0 Å². The van der Waals surface area contributed by atoms with Gasteiger partial charge in [-0.2, -0.15) is 0 Å². The molecule has 0 fully saturated rings. The smallest absolute Gasteiger partial charge is 0.445 e. The second-order valence-corrected chi connectivity index (χ2v) is 2.92. The summed E-state index contributed by atoms with van der Waals surface area (Å²) in [5, 5.41) is 0. The average molecular weight is 205 g/mol. The van der Waals surface area contributed by atoms with Gasteiger partial charge in [-0.15, -0.1) is 5.46 Å². The van der Waals surface area contributed by atoms with E-state index in [1.54, 1.807) is 0 Å². The van der Waals surface area contributed by atoms with Gasteiger partial charge in [0.05, 0.1) is 0 Å². The van der Waals surface area contributed by atoms with Gasteiger partial charge in [0.1, 0.15) is 5.82 Å². The zero-order chi connectivity index (χ0) is 10.9. The van der Waals surface area contributed by atoms with E-state index in [0.29, 0.717) is 12.1 Å². The van der Waals surface area contributed by atoms with Crippen LogP contribution in [-0.4, -0.2) is 13.3 Å². The van der Waals surface area contributed by atoms with Crippen LogP contribution in [0.3, 0.4) is 0 Å². The highest BCUT2D eigenvalue weighted by Crippen LogP contribution is 2.14. The Labute approximate surface area is 77.8 Å². The summed E-state index contributed by atoms with van der Waals surface area (Å²) in [7, 11) is 0. The van der Waals surface area contributed by atoms with Crippen molar-refractivity contribution in [3.05, 3.63) is 29.1 Å². The fraction of sp³-hybridized carbons (Fsp3) is 0.125. The lowest BCUT2D eigenvalue weighted by Gasteiger charge is -2.18. The summed E-state index contributed by atoms with van der Waals surface area (Å²) < 4.78 is 49.8. The Morgan fingerprint density at radius 1 is 1.29 bits per heavy atom. The molecular formula is C8H6BF4O-. The molecule has 1 rings (SSSR count). The number of hydrogen-bond donors (Lipinski definition) is 0. The van der Waals surface area contributed by atoms with Crippen molar-refractivity contribution < 1.29 is 22.1 Å². The highest BCUT2D eigenvalue weighted by molar-refractivity contribution is 6.74. The van der Waals surface area contributed by atoms with Gasteiger partial charge in [0.15, 0.2) is 6.29 Å². The molecule has 0 radical (unpaired) electrons. The molecular weight excluding hydrogens is 199 g/mol. The van der Waals surface area contributed by atoms with E-state index in [2.05, 4.69) is 0 Å². The van der Waals surface area contributed by atoms with Crippen LogP contribution in [-0.2, 0) is 0 Å². The van der Waals surface area contributed by atoms with E-state index >= 15 is 0 Å². The number of hydrogen-bond acceptors (Lipinski definition) is 1. The summed E-state index contributed by atoms with van der Waals surface area (Å²) >= 11 is 0. The predicted molar refractivity (Wildman–Crippen MR) is 45.2 cm³/mol. The van der Waals surface area contributed by atoms with Gasteiger partial charge in [0, 0.05) is 5.56 Å². The van der Waals surface area contributed by atoms with Crippen LogP contribution in [0.2, 0.25) is 0 Å². The fourth-order valence-corrected chi connectivity index (χ4v) is 1.15. The minimum atomic E-state index is -5.20. The van der Waals surface area contributed by atoms with Gasteiger partial charge in [-0.3, -0.25) is 4.79 Å². The molecule has 76 valence electrons. The van der Waals surface area contributed by atoms with Crippen LogP contribution in [0.1, 0.15) is 15.9 Å². The van der Waals surface area contributed by atoms with Crippen molar-refractivity contribution in [2.24, 2.45) is 0 Å². The van der Waals surface area contributed by atoms with Crippen molar-refractivity contribution in [2.45, 2.75) is 6.92 Å². The molecule has 0 aromatic heterocycles. The van der Waals surface area contributed by atoms with Crippen LogP contribution < -0.4 is 5.46 Å². The van der Waals surface area contributed by atoms with Crippen LogP contribution in [0.25, 0.3) is 0 Å². The second kappa shape index (κ2) is 3.44.